The van der Waals surface area contributed by atoms with Crippen LogP contribution >= 0.6 is 11.6 Å². The number of hydrogen-bond donors (Lipinski definition) is 1. The van der Waals surface area contributed by atoms with Crippen LogP contribution in [0.5, 0.6) is 11.5 Å². The Morgan fingerprint density at radius 2 is 1.76 bits per heavy atom. The van der Waals surface area contributed by atoms with Gasteiger partial charge in [0.05, 0.1) is 36.6 Å². The predicted octanol–water partition coefficient (Wildman–Crippen LogP) is 5.19. The van der Waals surface area contributed by atoms with Crippen molar-refractivity contribution < 1.29 is 28.6 Å². The SMILES string of the molecule is COc1cc(/C(O)=C2\C(=O)C(=O)N(c3ccc(C)c(C)c3)C2c2ccco2)c(OC)cc1Cl. The van der Waals surface area contributed by atoms with E-state index in [0.29, 0.717) is 11.4 Å². The fourth-order valence-corrected chi connectivity index (χ4v) is 4.11. The van der Waals surface area contributed by atoms with E-state index in [1.54, 1.807) is 18.2 Å². The van der Waals surface area contributed by atoms with E-state index in [1.807, 2.05) is 26.0 Å². The van der Waals surface area contributed by atoms with E-state index in [2.05, 4.69) is 0 Å². The fourth-order valence-electron chi connectivity index (χ4n) is 3.88. The molecule has 0 aliphatic carbocycles. The van der Waals surface area contributed by atoms with Crippen molar-refractivity contribution in [3.63, 3.8) is 0 Å². The standard InChI is InChI=1S/C25H22ClNO6/c1-13-7-8-15(10-14(13)2)27-22(18-6-5-9-33-18)21(24(29)25(27)30)23(28)16-11-20(32-4)17(26)12-19(16)31-3/h5-12,22,28H,1-4H3/b23-21+. The van der Waals surface area contributed by atoms with Crippen molar-refractivity contribution >= 4 is 34.7 Å². The van der Waals surface area contributed by atoms with E-state index in [0.717, 1.165) is 11.1 Å². The maximum atomic E-state index is 13.2. The first-order valence-electron chi connectivity index (χ1n) is 10.1. The quantitative estimate of drug-likeness (QED) is 0.315. The molecular weight excluding hydrogens is 446 g/mol. The minimum absolute atomic E-state index is 0.129. The number of carbonyl (C=O) groups excluding carboxylic acids is 2. The van der Waals surface area contributed by atoms with Gasteiger partial charge in [0, 0.05) is 11.8 Å². The van der Waals surface area contributed by atoms with Crippen LogP contribution in [0.15, 0.2) is 58.7 Å². The highest BCUT2D eigenvalue weighted by Crippen LogP contribution is 2.45. The number of aryl methyl sites for hydroxylation is 2. The van der Waals surface area contributed by atoms with Crippen LogP contribution in [0.25, 0.3) is 5.76 Å². The number of aliphatic hydroxyl groups is 1. The normalized spacial score (nSPS) is 17.5. The first kappa shape index (κ1) is 22.5. The molecule has 0 spiro atoms. The van der Waals surface area contributed by atoms with Gasteiger partial charge in [0.1, 0.15) is 29.1 Å². The van der Waals surface area contributed by atoms with E-state index in [9.17, 15) is 14.7 Å². The summed E-state index contributed by atoms with van der Waals surface area (Å²) in [7, 11) is 2.84. The lowest BCUT2D eigenvalue weighted by Gasteiger charge is -2.24. The van der Waals surface area contributed by atoms with Crippen molar-refractivity contribution in [2.24, 2.45) is 0 Å². The number of hydrogen-bond acceptors (Lipinski definition) is 6. The predicted molar refractivity (Wildman–Crippen MR) is 124 cm³/mol. The molecule has 3 aromatic rings. The largest absolute Gasteiger partial charge is 0.507 e. The molecule has 8 heteroatoms. The third kappa shape index (κ3) is 3.74. The van der Waals surface area contributed by atoms with E-state index in [1.165, 1.54) is 37.5 Å². The monoisotopic (exact) mass is 467 g/mol. The Kier molecular flexibility index (Phi) is 5.91. The van der Waals surface area contributed by atoms with Crippen molar-refractivity contribution in [2.75, 3.05) is 19.1 Å². The molecule has 0 radical (unpaired) electrons. The zero-order valence-electron chi connectivity index (χ0n) is 18.5. The van der Waals surface area contributed by atoms with Crippen LogP contribution < -0.4 is 14.4 Å². The smallest absolute Gasteiger partial charge is 0.300 e. The number of benzene rings is 2. The number of Topliss-reactive ketones (excluding diaryl/α,β-unsaturated/α-hetero) is 1. The summed E-state index contributed by atoms with van der Waals surface area (Å²) >= 11 is 6.19. The minimum Gasteiger partial charge on any atom is -0.507 e. The highest BCUT2D eigenvalue weighted by Gasteiger charge is 2.48. The van der Waals surface area contributed by atoms with Gasteiger partial charge in [0.25, 0.3) is 11.7 Å². The zero-order valence-corrected chi connectivity index (χ0v) is 19.3. The molecule has 4 rings (SSSR count). The Balaban J connectivity index is 1.97. The van der Waals surface area contributed by atoms with Gasteiger partial charge < -0.3 is 19.0 Å². The van der Waals surface area contributed by atoms with Gasteiger partial charge in [-0.2, -0.15) is 0 Å². The molecule has 0 saturated carbocycles. The van der Waals surface area contributed by atoms with Crippen molar-refractivity contribution in [3.8, 4) is 11.5 Å². The van der Waals surface area contributed by atoms with Crippen LogP contribution in [0, 0.1) is 13.8 Å². The van der Waals surface area contributed by atoms with E-state index >= 15 is 0 Å². The van der Waals surface area contributed by atoms with Crippen LogP contribution in [0.1, 0.15) is 28.5 Å². The molecule has 1 aliphatic heterocycles. The minimum atomic E-state index is -0.978. The molecule has 1 amide bonds. The van der Waals surface area contributed by atoms with E-state index in [-0.39, 0.29) is 27.7 Å². The average molecular weight is 468 g/mol. The molecule has 0 bridgehead atoms. The number of carbonyl (C=O) groups is 2. The number of aliphatic hydroxyl groups excluding tert-OH is 1. The molecule has 7 nitrogen and oxygen atoms in total. The number of ketones is 1. The second-order valence-electron chi connectivity index (χ2n) is 7.64. The average Bonchev–Trinajstić information content (AvgIpc) is 3.42. The lowest BCUT2D eigenvalue weighted by Crippen LogP contribution is -2.29. The van der Waals surface area contributed by atoms with Crippen LogP contribution in [0.3, 0.4) is 0 Å². The van der Waals surface area contributed by atoms with E-state index in [4.69, 9.17) is 25.5 Å². The molecule has 1 saturated heterocycles. The zero-order chi connectivity index (χ0) is 23.9. The van der Waals surface area contributed by atoms with Gasteiger partial charge in [-0.3, -0.25) is 14.5 Å². The van der Waals surface area contributed by atoms with Crippen LogP contribution in [-0.4, -0.2) is 31.0 Å². The van der Waals surface area contributed by atoms with Gasteiger partial charge >= 0.3 is 0 Å². The summed E-state index contributed by atoms with van der Waals surface area (Å²) in [6.07, 6.45) is 1.45. The molecule has 33 heavy (non-hydrogen) atoms. The number of ether oxygens (including phenoxy) is 2. The van der Waals surface area contributed by atoms with Gasteiger partial charge in [0.15, 0.2) is 0 Å². The Morgan fingerprint density at radius 1 is 1.03 bits per heavy atom. The number of amides is 1. The molecule has 1 aliphatic rings. The second kappa shape index (κ2) is 8.67. The first-order chi connectivity index (χ1) is 15.8. The summed E-state index contributed by atoms with van der Waals surface area (Å²) in [4.78, 5) is 27.8. The summed E-state index contributed by atoms with van der Waals surface area (Å²) < 4.78 is 16.2. The van der Waals surface area contributed by atoms with Crippen molar-refractivity contribution in [1.82, 2.24) is 0 Å². The van der Waals surface area contributed by atoms with Crippen molar-refractivity contribution in [2.45, 2.75) is 19.9 Å². The molecule has 170 valence electrons. The van der Waals surface area contributed by atoms with Crippen molar-refractivity contribution in [3.05, 3.63) is 81.8 Å². The molecule has 1 unspecified atom stereocenters. The summed E-state index contributed by atoms with van der Waals surface area (Å²) in [6.45, 7) is 3.87. The molecule has 1 atom stereocenters. The fraction of sp³-hybridized carbons (Fsp3) is 0.200. The van der Waals surface area contributed by atoms with Gasteiger partial charge in [-0.15, -0.1) is 0 Å². The third-order valence-electron chi connectivity index (χ3n) is 5.75. The van der Waals surface area contributed by atoms with Crippen LogP contribution in [-0.2, 0) is 9.59 Å². The molecule has 1 N–H and O–H groups in total. The van der Waals surface area contributed by atoms with Crippen LogP contribution in [0.4, 0.5) is 5.69 Å². The Hall–Kier alpha value is -3.71. The van der Waals surface area contributed by atoms with Gasteiger partial charge in [-0.05, 0) is 55.3 Å². The lowest BCUT2D eigenvalue weighted by atomic mass is 9.98. The Bertz CT molecular complexity index is 1280. The molecule has 2 aromatic carbocycles. The molecule has 1 aromatic heterocycles. The molecule has 1 fully saturated rings. The summed E-state index contributed by atoms with van der Waals surface area (Å²) in [5, 5.41) is 11.6. The molecule has 2 heterocycles. The number of furan rings is 1. The van der Waals surface area contributed by atoms with E-state index < -0.39 is 23.5 Å². The van der Waals surface area contributed by atoms with Gasteiger partial charge in [-0.1, -0.05) is 17.7 Å². The maximum absolute atomic E-state index is 13.2. The summed E-state index contributed by atoms with van der Waals surface area (Å²) in [6, 6.07) is 10.7. The number of anilines is 1. The summed E-state index contributed by atoms with van der Waals surface area (Å²) in [5.41, 5.74) is 2.55. The topological polar surface area (TPSA) is 89.2 Å². The lowest BCUT2D eigenvalue weighted by molar-refractivity contribution is -0.132. The highest BCUT2D eigenvalue weighted by molar-refractivity contribution is 6.51. The number of rotatable bonds is 5. The number of nitrogens with zero attached hydrogens (tertiary/aromatic N) is 1. The van der Waals surface area contributed by atoms with Crippen LogP contribution in [0.2, 0.25) is 5.02 Å². The third-order valence-corrected chi connectivity index (χ3v) is 6.05. The number of methoxy groups -OCH3 is 2. The molecular formula is C25H22ClNO6. The van der Waals surface area contributed by atoms with Crippen molar-refractivity contribution in [1.29, 1.82) is 0 Å². The second-order valence-corrected chi connectivity index (χ2v) is 8.05. The van der Waals surface area contributed by atoms with Gasteiger partial charge in [-0.25, -0.2) is 0 Å². The first-order valence-corrected chi connectivity index (χ1v) is 10.5. The number of halogens is 1. The Morgan fingerprint density at radius 3 is 2.36 bits per heavy atom. The van der Waals surface area contributed by atoms with Gasteiger partial charge in [0.2, 0.25) is 0 Å². The summed E-state index contributed by atoms with van der Waals surface area (Å²) in [5.74, 6) is -1.23. The maximum Gasteiger partial charge on any atom is 0.300 e. The highest BCUT2D eigenvalue weighted by atomic mass is 35.5. The Labute approximate surface area is 195 Å².